The third kappa shape index (κ3) is 3.12. The van der Waals surface area contributed by atoms with Gasteiger partial charge in [-0.15, -0.1) is 0 Å². The summed E-state index contributed by atoms with van der Waals surface area (Å²) in [6, 6.07) is 5.86. The predicted molar refractivity (Wildman–Crippen MR) is 74.4 cm³/mol. The largest absolute Gasteiger partial charge is 0.268 e. The molecule has 0 atom stereocenters. The van der Waals surface area contributed by atoms with E-state index in [1.54, 1.807) is 12.3 Å². The number of halogens is 3. The average Bonchev–Trinajstić information content (AvgIpc) is 2.25. The van der Waals surface area contributed by atoms with Crippen molar-refractivity contribution in [1.29, 1.82) is 0 Å². The lowest BCUT2D eigenvalue weighted by atomic mass is 10.2. The van der Waals surface area contributed by atoms with Crippen molar-refractivity contribution in [2.75, 3.05) is 0 Å². The molecule has 1 heterocycles. The van der Waals surface area contributed by atoms with Crippen LogP contribution >= 0.6 is 38.5 Å². The van der Waals surface area contributed by atoms with Crippen LogP contribution < -0.4 is 5.56 Å². The molecule has 0 saturated heterocycles. The van der Waals surface area contributed by atoms with E-state index in [1.165, 1.54) is 22.9 Å². The smallest absolute Gasteiger partial charge is 0.268 e. The molecule has 88 valence electrons. The molecule has 1 aromatic carbocycles. The van der Waals surface area contributed by atoms with Crippen LogP contribution in [0.5, 0.6) is 0 Å². The number of aromatic nitrogens is 2. The lowest BCUT2D eigenvalue weighted by molar-refractivity contribution is 0.616. The molecule has 0 amide bonds. The minimum absolute atomic E-state index is 0.173. The van der Waals surface area contributed by atoms with Crippen LogP contribution in [0.2, 0.25) is 0 Å². The highest BCUT2D eigenvalue weighted by Gasteiger charge is 2.05. The number of benzene rings is 1. The van der Waals surface area contributed by atoms with E-state index in [-0.39, 0.29) is 11.4 Å². The molecule has 0 saturated carbocycles. The van der Waals surface area contributed by atoms with E-state index >= 15 is 0 Å². The van der Waals surface area contributed by atoms with Crippen LogP contribution in [0, 0.1) is 9.39 Å². The minimum Gasteiger partial charge on any atom is -0.268 e. The summed E-state index contributed by atoms with van der Waals surface area (Å²) in [6.45, 7) is 0.316. The fraction of sp³-hybridized carbons (Fsp3) is 0.0909. The van der Waals surface area contributed by atoms with Crippen molar-refractivity contribution in [3.8, 4) is 0 Å². The van der Waals surface area contributed by atoms with E-state index in [0.717, 1.165) is 9.13 Å². The second-order valence-corrected chi connectivity index (χ2v) is 5.51. The Bertz CT molecular complexity index is 615. The number of hydrogen-bond donors (Lipinski definition) is 0. The third-order valence-corrected chi connectivity index (χ3v) is 3.50. The molecule has 0 bridgehead atoms. The second-order valence-electron chi connectivity index (χ2n) is 3.41. The minimum atomic E-state index is -0.316. The Hall–Kier alpha value is -0.760. The normalized spacial score (nSPS) is 10.5. The highest BCUT2D eigenvalue weighted by atomic mass is 127. The summed E-state index contributed by atoms with van der Waals surface area (Å²) in [5, 5.41) is 4.02. The second kappa shape index (κ2) is 5.26. The molecule has 0 N–H and O–H groups in total. The first kappa shape index (κ1) is 12.7. The van der Waals surface area contributed by atoms with Crippen LogP contribution in [0.1, 0.15) is 5.56 Å². The summed E-state index contributed by atoms with van der Waals surface area (Å²) in [4.78, 5) is 11.6. The van der Waals surface area contributed by atoms with Gasteiger partial charge in [0.2, 0.25) is 0 Å². The van der Waals surface area contributed by atoms with Crippen LogP contribution in [0.15, 0.2) is 39.7 Å². The first-order chi connectivity index (χ1) is 8.06. The fourth-order valence-corrected chi connectivity index (χ4v) is 2.21. The molecule has 0 aliphatic rings. The summed E-state index contributed by atoms with van der Waals surface area (Å²) in [7, 11) is 0. The zero-order valence-corrected chi connectivity index (χ0v) is 12.3. The summed E-state index contributed by atoms with van der Waals surface area (Å²) < 4.78 is 15.7. The molecule has 6 heteroatoms. The number of rotatable bonds is 2. The zero-order valence-electron chi connectivity index (χ0n) is 8.53. The van der Waals surface area contributed by atoms with E-state index in [2.05, 4.69) is 21.0 Å². The van der Waals surface area contributed by atoms with Gasteiger partial charge < -0.3 is 0 Å². The summed E-state index contributed by atoms with van der Waals surface area (Å²) in [5.41, 5.74) is 0.635. The fourth-order valence-electron chi connectivity index (χ4n) is 1.34. The highest BCUT2D eigenvalue weighted by Crippen LogP contribution is 2.18. The highest BCUT2D eigenvalue weighted by molar-refractivity contribution is 14.1. The van der Waals surface area contributed by atoms with Gasteiger partial charge in [0.05, 0.1) is 12.7 Å². The van der Waals surface area contributed by atoms with Gasteiger partial charge >= 0.3 is 0 Å². The van der Waals surface area contributed by atoms with Crippen molar-refractivity contribution < 1.29 is 4.39 Å². The lowest BCUT2D eigenvalue weighted by Gasteiger charge is -2.06. The molecule has 0 fully saturated rings. The van der Waals surface area contributed by atoms with Gasteiger partial charge in [-0.3, -0.25) is 4.79 Å². The summed E-state index contributed by atoms with van der Waals surface area (Å²) >= 11 is 5.29. The van der Waals surface area contributed by atoms with E-state index in [9.17, 15) is 9.18 Å². The van der Waals surface area contributed by atoms with E-state index < -0.39 is 0 Å². The third-order valence-electron chi connectivity index (χ3n) is 2.17. The van der Waals surface area contributed by atoms with Crippen molar-refractivity contribution in [1.82, 2.24) is 9.78 Å². The average molecular weight is 409 g/mol. The van der Waals surface area contributed by atoms with Gasteiger partial charge in [0.25, 0.3) is 5.56 Å². The molecule has 0 aliphatic heterocycles. The van der Waals surface area contributed by atoms with Crippen molar-refractivity contribution >= 4 is 38.5 Å². The Labute approximate surface area is 119 Å². The molecule has 0 radical (unpaired) electrons. The Kier molecular flexibility index (Phi) is 3.93. The maximum absolute atomic E-state index is 12.9. The van der Waals surface area contributed by atoms with Gasteiger partial charge in [-0.2, -0.15) is 5.10 Å². The van der Waals surface area contributed by atoms with Crippen molar-refractivity contribution in [3.63, 3.8) is 0 Å². The van der Waals surface area contributed by atoms with E-state index in [0.29, 0.717) is 11.0 Å². The maximum Gasteiger partial charge on any atom is 0.268 e. The van der Waals surface area contributed by atoms with E-state index in [4.69, 9.17) is 0 Å². The molecule has 2 aromatic rings. The predicted octanol–water partition coefficient (Wildman–Crippen LogP) is 2.80. The van der Waals surface area contributed by atoms with Crippen LogP contribution in [-0.2, 0) is 6.54 Å². The standard InChI is InChI=1S/C11H7BrFIN2O/c12-10-3-8(13)2-1-7(10)6-16-11(17)4-9(14)5-15-16/h1-5H,6H2. The van der Waals surface area contributed by atoms with Gasteiger partial charge in [0.15, 0.2) is 0 Å². The summed E-state index contributed by atoms with van der Waals surface area (Å²) in [6.07, 6.45) is 1.61. The van der Waals surface area contributed by atoms with Gasteiger partial charge in [0, 0.05) is 14.1 Å². The molecule has 0 unspecified atom stereocenters. The summed E-state index contributed by atoms with van der Waals surface area (Å²) in [5.74, 6) is -0.316. The monoisotopic (exact) mass is 408 g/mol. The first-order valence-corrected chi connectivity index (χ1v) is 6.60. The van der Waals surface area contributed by atoms with Crippen LogP contribution in [-0.4, -0.2) is 9.78 Å². The first-order valence-electron chi connectivity index (χ1n) is 4.73. The zero-order chi connectivity index (χ0) is 12.4. The van der Waals surface area contributed by atoms with Crippen molar-refractivity contribution in [3.05, 3.63) is 60.2 Å². The molecule has 1 aromatic heterocycles. The Morgan fingerprint density at radius 1 is 1.41 bits per heavy atom. The van der Waals surface area contributed by atoms with Crippen LogP contribution in [0.4, 0.5) is 4.39 Å². The molecule has 0 spiro atoms. The lowest BCUT2D eigenvalue weighted by Crippen LogP contribution is -2.22. The maximum atomic E-state index is 12.9. The van der Waals surface area contributed by atoms with Crippen LogP contribution in [0.3, 0.4) is 0 Å². The van der Waals surface area contributed by atoms with E-state index in [1.807, 2.05) is 22.6 Å². The van der Waals surface area contributed by atoms with Crippen LogP contribution in [0.25, 0.3) is 0 Å². The van der Waals surface area contributed by atoms with Crippen molar-refractivity contribution in [2.24, 2.45) is 0 Å². The Morgan fingerprint density at radius 2 is 2.18 bits per heavy atom. The van der Waals surface area contributed by atoms with Gasteiger partial charge in [-0.25, -0.2) is 9.07 Å². The Balaban J connectivity index is 2.35. The molecular weight excluding hydrogens is 402 g/mol. The van der Waals surface area contributed by atoms with Gasteiger partial charge in [-0.05, 0) is 40.3 Å². The molecular formula is C11H7BrFIN2O. The molecule has 17 heavy (non-hydrogen) atoms. The quantitative estimate of drug-likeness (QED) is 0.716. The number of nitrogens with zero attached hydrogens (tertiary/aromatic N) is 2. The van der Waals surface area contributed by atoms with Gasteiger partial charge in [0.1, 0.15) is 5.82 Å². The van der Waals surface area contributed by atoms with Gasteiger partial charge in [-0.1, -0.05) is 22.0 Å². The molecule has 0 aliphatic carbocycles. The number of hydrogen-bond acceptors (Lipinski definition) is 2. The molecule has 3 nitrogen and oxygen atoms in total. The topological polar surface area (TPSA) is 34.9 Å². The Morgan fingerprint density at radius 3 is 2.82 bits per heavy atom. The molecule has 2 rings (SSSR count). The SMILES string of the molecule is O=c1cc(I)cnn1Cc1ccc(F)cc1Br. The van der Waals surface area contributed by atoms with Crippen molar-refractivity contribution in [2.45, 2.75) is 6.54 Å².